The number of rotatable bonds is 5. The number of nitrogens with zero attached hydrogens (tertiary/aromatic N) is 3. The Labute approximate surface area is 133 Å². The average molecular weight is 320 g/mol. The SMILES string of the molecule is COCCN1CC(Nc2ncnc3sc(C)c(C)c23)CC1=O. The molecule has 2 aromatic rings. The normalized spacial score (nSPS) is 18.4. The Kier molecular flexibility index (Phi) is 4.26. The smallest absolute Gasteiger partial charge is 0.224 e. The number of thiophene rings is 1. The van der Waals surface area contributed by atoms with Crippen LogP contribution in [0.3, 0.4) is 0 Å². The van der Waals surface area contributed by atoms with E-state index in [1.165, 1.54) is 10.4 Å². The van der Waals surface area contributed by atoms with E-state index in [1.54, 1.807) is 24.8 Å². The molecule has 1 atom stereocenters. The van der Waals surface area contributed by atoms with Crippen molar-refractivity contribution in [3.8, 4) is 0 Å². The van der Waals surface area contributed by atoms with E-state index >= 15 is 0 Å². The first kappa shape index (κ1) is 15.2. The maximum atomic E-state index is 12.0. The third-order valence-corrected chi connectivity index (χ3v) is 5.20. The summed E-state index contributed by atoms with van der Waals surface area (Å²) in [6.45, 7) is 6.09. The van der Waals surface area contributed by atoms with E-state index < -0.39 is 0 Å². The number of aromatic nitrogens is 2. The molecule has 1 aliphatic heterocycles. The van der Waals surface area contributed by atoms with Gasteiger partial charge in [0.25, 0.3) is 0 Å². The van der Waals surface area contributed by atoms with E-state index in [9.17, 15) is 4.79 Å². The van der Waals surface area contributed by atoms with Gasteiger partial charge in [-0.05, 0) is 19.4 Å². The number of fused-ring (bicyclic) bond motifs is 1. The number of hydrogen-bond acceptors (Lipinski definition) is 6. The lowest BCUT2D eigenvalue weighted by Gasteiger charge is -2.17. The van der Waals surface area contributed by atoms with Crippen LogP contribution in [-0.4, -0.2) is 53.6 Å². The first-order valence-electron chi connectivity index (χ1n) is 7.34. The summed E-state index contributed by atoms with van der Waals surface area (Å²) in [5, 5.41) is 4.50. The molecule has 0 aromatic carbocycles. The summed E-state index contributed by atoms with van der Waals surface area (Å²) in [6, 6.07) is 0.0852. The zero-order valence-corrected chi connectivity index (χ0v) is 13.9. The van der Waals surface area contributed by atoms with Crippen LogP contribution < -0.4 is 5.32 Å². The van der Waals surface area contributed by atoms with Crippen molar-refractivity contribution in [2.75, 3.05) is 32.1 Å². The first-order chi connectivity index (χ1) is 10.6. The Morgan fingerprint density at radius 3 is 3.05 bits per heavy atom. The Morgan fingerprint density at radius 1 is 1.45 bits per heavy atom. The summed E-state index contributed by atoms with van der Waals surface area (Å²) in [4.78, 5) is 24.8. The van der Waals surface area contributed by atoms with Gasteiger partial charge in [0.1, 0.15) is 17.0 Å². The van der Waals surface area contributed by atoms with Crippen molar-refractivity contribution < 1.29 is 9.53 Å². The topological polar surface area (TPSA) is 67.3 Å². The predicted octanol–water partition coefficient (Wildman–Crippen LogP) is 1.97. The number of ether oxygens (including phenoxy) is 1. The van der Waals surface area contributed by atoms with Crippen molar-refractivity contribution in [1.29, 1.82) is 0 Å². The van der Waals surface area contributed by atoms with Gasteiger partial charge < -0.3 is 15.0 Å². The van der Waals surface area contributed by atoms with Gasteiger partial charge in [0.05, 0.1) is 18.0 Å². The van der Waals surface area contributed by atoms with Crippen LogP contribution in [0.5, 0.6) is 0 Å². The molecular weight excluding hydrogens is 300 g/mol. The van der Waals surface area contributed by atoms with E-state index in [0.29, 0.717) is 26.1 Å². The fourth-order valence-electron chi connectivity index (χ4n) is 2.77. The molecule has 0 spiro atoms. The molecule has 0 aliphatic carbocycles. The fraction of sp³-hybridized carbons (Fsp3) is 0.533. The molecule has 1 fully saturated rings. The monoisotopic (exact) mass is 320 g/mol. The minimum atomic E-state index is 0.0852. The summed E-state index contributed by atoms with van der Waals surface area (Å²) in [7, 11) is 1.65. The Morgan fingerprint density at radius 2 is 2.27 bits per heavy atom. The number of nitrogens with one attached hydrogen (secondary N) is 1. The molecule has 1 aliphatic rings. The lowest BCUT2D eigenvalue weighted by Crippen LogP contribution is -2.31. The quantitative estimate of drug-likeness (QED) is 0.912. The number of carbonyl (C=O) groups excluding carboxylic acids is 1. The van der Waals surface area contributed by atoms with Crippen molar-refractivity contribution in [2.24, 2.45) is 0 Å². The molecule has 1 unspecified atom stereocenters. The molecule has 3 heterocycles. The molecule has 1 N–H and O–H groups in total. The number of amides is 1. The first-order valence-corrected chi connectivity index (χ1v) is 8.15. The fourth-order valence-corrected chi connectivity index (χ4v) is 3.77. The highest BCUT2D eigenvalue weighted by Gasteiger charge is 2.30. The zero-order chi connectivity index (χ0) is 15.7. The Balaban J connectivity index is 1.78. The molecule has 118 valence electrons. The molecule has 22 heavy (non-hydrogen) atoms. The van der Waals surface area contributed by atoms with E-state index in [2.05, 4.69) is 29.1 Å². The van der Waals surface area contributed by atoms with Gasteiger partial charge in [-0.2, -0.15) is 0 Å². The highest BCUT2D eigenvalue weighted by molar-refractivity contribution is 7.18. The third kappa shape index (κ3) is 2.78. The zero-order valence-electron chi connectivity index (χ0n) is 13.0. The van der Waals surface area contributed by atoms with E-state index in [0.717, 1.165) is 16.0 Å². The molecule has 3 rings (SSSR count). The van der Waals surface area contributed by atoms with Gasteiger partial charge in [-0.1, -0.05) is 0 Å². The molecule has 1 saturated heterocycles. The van der Waals surface area contributed by atoms with Crippen LogP contribution >= 0.6 is 11.3 Å². The van der Waals surface area contributed by atoms with Gasteiger partial charge >= 0.3 is 0 Å². The molecule has 2 aromatic heterocycles. The highest BCUT2D eigenvalue weighted by Crippen LogP contribution is 2.33. The molecule has 0 bridgehead atoms. The van der Waals surface area contributed by atoms with Gasteiger partial charge in [-0.15, -0.1) is 11.3 Å². The van der Waals surface area contributed by atoms with Gasteiger partial charge in [-0.25, -0.2) is 9.97 Å². The van der Waals surface area contributed by atoms with Crippen molar-refractivity contribution in [3.05, 3.63) is 16.8 Å². The lowest BCUT2D eigenvalue weighted by atomic mass is 10.2. The highest BCUT2D eigenvalue weighted by atomic mass is 32.1. The van der Waals surface area contributed by atoms with Crippen LogP contribution in [0.25, 0.3) is 10.2 Å². The summed E-state index contributed by atoms with van der Waals surface area (Å²) in [6.07, 6.45) is 2.08. The summed E-state index contributed by atoms with van der Waals surface area (Å²) in [5.41, 5.74) is 1.21. The summed E-state index contributed by atoms with van der Waals surface area (Å²) >= 11 is 1.68. The standard InChI is InChI=1S/C15H20N4O2S/c1-9-10(2)22-15-13(9)14(16-8-17-15)18-11-6-12(20)19(7-11)4-5-21-3/h8,11H,4-7H2,1-3H3,(H,16,17,18). The number of likely N-dealkylation sites (tertiary alicyclic amines) is 1. The number of hydrogen-bond donors (Lipinski definition) is 1. The van der Waals surface area contributed by atoms with E-state index in [4.69, 9.17) is 4.74 Å². The van der Waals surface area contributed by atoms with Gasteiger partial charge in [0, 0.05) is 31.5 Å². The lowest BCUT2D eigenvalue weighted by molar-refractivity contribution is -0.128. The number of anilines is 1. The molecule has 0 radical (unpaired) electrons. The number of carbonyl (C=O) groups is 1. The van der Waals surface area contributed by atoms with Gasteiger partial charge in [0.2, 0.25) is 5.91 Å². The second kappa shape index (κ2) is 6.18. The van der Waals surface area contributed by atoms with Crippen LogP contribution in [-0.2, 0) is 9.53 Å². The van der Waals surface area contributed by atoms with Crippen LogP contribution in [0.1, 0.15) is 16.9 Å². The third-order valence-electron chi connectivity index (χ3n) is 4.09. The van der Waals surface area contributed by atoms with Gasteiger partial charge in [0.15, 0.2) is 0 Å². The number of aryl methyl sites for hydroxylation is 2. The maximum absolute atomic E-state index is 12.0. The van der Waals surface area contributed by atoms with E-state index in [-0.39, 0.29) is 11.9 Å². The maximum Gasteiger partial charge on any atom is 0.224 e. The van der Waals surface area contributed by atoms with Crippen molar-refractivity contribution >= 4 is 33.3 Å². The molecule has 6 nitrogen and oxygen atoms in total. The minimum absolute atomic E-state index is 0.0852. The molecule has 0 saturated carbocycles. The minimum Gasteiger partial charge on any atom is -0.383 e. The average Bonchev–Trinajstić information content (AvgIpc) is 2.98. The second-order valence-corrected chi connectivity index (χ2v) is 6.77. The predicted molar refractivity (Wildman–Crippen MR) is 87.4 cm³/mol. The number of methoxy groups -OCH3 is 1. The van der Waals surface area contributed by atoms with Crippen LogP contribution in [0, 0.1) is 13.8 Å². The Bertz CT molecular complexity index is 700. The Hall–Kier alpha value is -1.73. The molecule has 7 heteroatoms. The summed E-state index contributed by atoms with van der Waals surface area (Å²) < 4.78 is 5.05. The van der Waals surface area contributed by atoms with Crippen molar-refractivity contribution in [1.82, 2.24) is 14.9 Å². The van der Waals surface area contributed by atoms with Crippen molar-refractivity contribution in [2.45, 2.75) is 26.3 Å². The van der Waals surface area contributed by atoms with Crippen LogP contribution in [0.4, 0.5) is 5.82 Å². The summed E-state index contributed by atoms with van der Waals surface area (Å²) in [5.74, 6) is 0.997. The van der Waals surface area contributed by atoms with Crippen LogP contribution in [0.15, 0.2) is 6.33 Å². The van der Waals surface area contributed by atoms with Crippen molar-refractivity contribution in [3.63, 3.8) is 0 Å². The van der Waals surface area contributed by atoms with E-state index in [1.807, 2.05) is 4.90 Å². The molecular formula is C15H20N4O2S. The van der Waals surface area contributed by atoms with Crippen LogP contribution in [0.2, 0.25) is 0 Å². The molecule has 1 amide bonds. The van der Waals surface area contributed by atoms with Gasteiger partial charge in [-0.3, -0.25) is 4.79 Å². The second-order valence-electron chi connectivity index (χ2n) is 5.56. The largest absolute Gasteiger partial charge is 0.383 e.